The van der Waals surface area contributed by atoms with Gasteiger partial charge in [0.25, 0.3) is 0 Å². The Hall–Kier alpha value is -1.34. The number of nitrogens with one attached hydrogen (secondary N) is 1. The highest BCUT2D eigenvalue weighted by Gasteiger charge is 2.36. The maximum Gasteiger partial charge on any atom is 0.000799 e. The molecular weight excluding hydrogens is 218 g/mol. The van der Waals surface area contributed by atoms with Gasteiger partial charge in [0.2, 0.25) is 0 Å². The highest BCUT2D eigenvalue weighted by Crippen LogP contribution is 2.43. The van der Waals surface area contributed by atoms with Crippen molar-refractivity contribution in [1.82, 2.24) is 5.32 Å². The molecule has 1 saturated carbocycles. The zero-order valence-electron chi connectivity index (χ0n) is 11.1. The number of hydrogen-bond acceptors (Lipinski definition) is 1. The van der Waals surface area contributed by atoms with Crippen LogP contribution < -0.4 is 5.32 Å². The molecule has 1 aliphatic carbocycles. The lowest BCUT2D eigenvalue weighted by atomic mass is 9.65. The Balaban J connectivity index is 1.86. The van der Waals surface area contributed by atoms with Crippen LogP contribution in [0.4, 0.5) is 0 Å². The van der Waals surface area contributed by atoms with Crippen LogP contribution in [0, 0.1) is 5.41 Å². The monoisotopic (exact) mass is 239 g/mol. The molecule has 0 saturated heterocycles. The SMILES string of the molecule is CNCC1(Cc2ccc3ccccc3c2)CCC1. The van der Waals surface area contributed by atoms with E-state index in [0.717, 1.165) is 6.54 Å². The van der Waals surface area contributed by atoms with Gasteiger partial charge in [-0.05, 0) is 48.1 Å². The van der Waals surface area contributed by atoms with Gasteiger partial charge < -0.3 is 5.32 Å². The first kappa shape index (κ1) is 11.7. The van der Waals surface area contributed by atoms with Gasteiger partial charge in [-0.1, -0.05) is 48.9 Å². The van der Waals surface area contributed by atoms with E-state index in [1.54, 1.807) is 0 Å². The first-order valence-electron chi connectivity index (χ1n) is 6.94. The van der Waals surface area contributed by atoms with E-state index in [-0.39, 0.29) is 0 Å². The normalized spacial score (nSPS) is 17.6. The minimum absolute atomic E-state index is 0.525. The maximum absolute atomic E-state index is 3.37. The van der Waals surface area contributed by atoms with Crippen molar-refractivity contribution in [2.24, 2.45) is 5.41 Å². The fourth-order valence-corrected chi connectivity index (χ4v) is 3.25. The second kappa shape index (κ2) is 4.74. The number of benzene rings is 2. The molecule has 0 aromatic heterocycles. The first-order valence-corrected chi connectivity index (χ1v) is 6.94. The van der Waals surface area contributed by atoms with E-state index in [2.05, 4.69) is 54.8 Å². The molecule has 1 N–H and O–H groups in total. The van der Waals surface area contributed by atoms with Crippen molar-refractivity contribution in [3.63, 3.8) is 0 Å². The Morgan fingerprint density at radius 3 is 2.50 bits per heavy atom. The summed E-state index contributed by atoms with van der Waals surface area (Å²) in [5.41, 5.74) is 2.01. The number of rotatable bonds is 4. The van der Waals surface area contributed by atoms with Gasteiger partial charge in [0.1, 0.15) is 0 Å². The molecule has 0 bridgehead atoms. The summed E-state index contributed by atoms with van der Waals surface area (Å²) in [4.78, 5) is 0. The van der Waals surface area contributed by atoms with Crippen LogP contribution in [-0.2, 0) is 6.42 Å². The van der Waals surface area contributed by atoms with E-state index in [0.29, 0.717) is 5.41 Å². The molecular formula is C17H21N. The summed E-state index contributed by atoms with van der Waals surface area (Å²) in [6.07, 6.45) is 5.37. The summed E-state index contributed by atoms with van der Waals surface area (Å²) in [5, 5.41) is 6.08. The molecule has 1 fully saturated rings. The van der Waals surface area contributed by atoms with Crippen LogP contribution in [0.1, 0.15) is 24.8 Å². The first-order chi connectivity index (χ1) is 8.81. The average Bonchev–Trinajstić information content (AvgIpc) is 2.36. The Bertz CT molecular complexity index is 540. The summed E-state index contributed by atoms with van der Waals surface area (Å²) in [5.74, 6) is 0. The minimum atomic E-state index is 0.525. The van der Waals surface area contributed by atoms with Crippen LogP contribution in [-0.4, -0.2) is 13.6 Å². The van der Waals surface area contributed by atoms with Crippen molar-refractivity contribution in [2.75, 3.05) is 13.6 Å². The Morgan fingerprint density at radius 1 is 1.06 bits per heavy atom. The molecule has 18 heavy (non-hydrogen) atoms. The molecule has 1 heteroatoms. The van der Waals surface area contributed by atoms with Gasteiger partial charge in [0.05, 0.1) is 0 Å². The van der Waals surface area contributed by atoms with E-state index < -0.39 is 0 Å². The summed E-state index contributed by atoms with van der Waals surface area (Å²) in [7, 11) is 2.07. The predicted octanol–water partition coefficient (Wildman–Crippen LogP) is 3.77. The summed E-state index contributed by atoms with van der Waals surface area (Å²) < 4.78 is 0. The van der Waals surface area contributed by atoms with E-state index in [1.165, 1.54) is 42.0 Å². The molecule has 94 valence electrons. The molecule has 1 nitrogen and oxygen atoms in total. The highest BCUT2D eigenvalue weighted by molar-refractivity contribution is 5.83. The van der Waals surface area contributed by atoms with Crippen molar-refractivity contribution in [1.29, 1.82) is 0 Å². The smallest absolute Gasteiger partial charge is 0.000799 e. The van der Waals surface area contributed by atoms with Gasteiger partial charge >= 0.3 is 0 Å². The van der Waals surface area contributed by atoms with Crippen molar-refractivity contribution in [3.05, 3.63) is 48.0 Å². The minimum Gasteiger partial charge on any atom is -0.319 e. The molecule has 0 amide bonds. The molecule has 0 spiro atoms. The van der Waals surface area contributed by atoms with Gasteiger partial charge in [0.15, 0.2) is 0 Å². The topological polar surface area (TPSA) is 12.0 Å². The van der Waals surface area contributed by atoms with Crippen LogP contribution in [0.5, 0.6) is 0 Å². The summed E-state index contributed by atoms with van der Waals surface area (Å²) >= 11 is 0. The van der Waals surface area contributed by atoms with Crippen molar-refractivity contribution >= 4 is 10.8 Å². The van der Waals surface area contributed by atoms with Crippen LogP contribution in [0.3, 0.4) is 0 Å². The Labute approximate surface area is 109 Å². The van der Waals surface area contributed by atoms with Crippen LogP contribution >= 0.6 is 0 Å². The van der Waals surface area contributed by atoms with Crippen molar-refractivity contribution in [2.45, 2.75) is 25.7 Å². The van der Waals surface area contributed by atoms with E-state index in [1.807, 2.05) is 0 Å². The Morgan fingerprint density at radius 2 is 1.83 bits per heavy atom. The van der Waals surface area contributed by atoms with E-state index >= 15 is 0 Å². The summed E-state index contributed by atoms with van der Waals surface area (Å²) in [6, 6.07) is 15.6. The van der Waals surface area contributed by atoms with E-state index in [9.17, 15) is 0 Å². The second-order valence-corrected chi connectivity index (χ2v) is 5.74. The standard InChI is InChI=1S/C17H21N/c1-18-13-17(9-4-10-17)12-14-7-8-15-5-2-3-6-16(15)11-14/h2-3,5-8,11,18H,4,9-10,12-13H2,1H3. The fourth-order valence-electron chi connectivity index (χ4n) is 3.25. The van der Waals surface area contributed by atoms with Crippen LogP contribution in [0.25, 0.3) is 10.8 Å². The highest BCUT2D eigenvalue weighted by atomic mass is 14.8. The molecule has 1 aliphatic rings. The molecule has 0 heterocycles. The zero-order valence-corrected chi connectivity index (χ0v) is 11.1. The lowest BCUT2D eigenvalue weighted by Gasteiger charge is -2.42. The van der Waals surface area contributed by atoms with Gasteiger partial charge in [-0.3, -0.25) is 0 Å². The third-order valence-electron chi connectivity index (χ3n) is 4.36. The van der Waals surface area contributed by atoms with Crippen molar-refractivity contribution < 1.29 is 0 Å². The number of hydrogen-bond donors (Lipinski definition) is 1. The van der Waals surface area contributed by atoms with Gasteiger partial charge in [-0.15, -0.1) is 0 Å². The predicted molar refractivity (Wildman–Crippen MR) is 77.9 cm³/mol. The molecule has 2 aromatic carbocycles. The fraction of sp³-hybridized carbons (Fsp3) is 0.412. The van der Waals surface area contributed by atoms with Crippen LogP contribution in [0.15, 0.2) is 42.5 Å². The lowest BCUT2D eigenvalue weighted by Crippen LogP contribution is -2.40. The van der Waals surface area contributed by atoms with Gasteiger partial charge in [-0.25, -0.2) is 0 Å². The van der Waals surface area contributed by atoms with Gasteiger partial charge in [0, 0.05) is 6.54 Å². The lowest BCUT2D eigenvalue weighted by molar-refractivity contribution is 0.133. The largest absolute Gasteiger partial charge is 0.319 e. The molecule has 0 radical (unpaired) electrons. The zero-order chi connectivity index (χ0) is 12.4. The average molecular weight is 239 g/mol. The quantitative estimate of drug-likeness (QED) is 0.856. The molecule has 0 atom stereocenters. The van der Waals surface area contributed by atoms with Crippen LogP contribution in [0.2, 0.25) is 0 Å². The van der Waals surface area contributed by atoms with Gasteiger partial charge in [-0.2, -0.15) is 0 Å². The Kier molecular flexibility index (Phi) is 3.09. The molecule has 2 aromatic rings. The summed E-state index contributed by atoms with van der Waals surface area (Å²) in [6.45, 7) is 1.15. The number of fused-ring (bicyclic) bond motifs is 1. The molecule has 3 rings (SSSR count). The van der Waals surface area contributed by atoms with E-state index in [4.69, 9.17) is 0 Å². The molecule has 0 unspecified atom stereocenters. The second-order valence-electron chi connectivity index (χ2n) is 5.74. The third-order valence-corrected chi connectivity index (χ3v) is 4.36. The maximum atomic E-state index is 3.37. The third kappa shape index (κ3) is 2.15. The molecule has 0 aliphatic heterocycles. The van der Waals surface area contributed by atoms with Crippen molar-refractivity contribution in [3.8, 4) is 0 Å².